The highest BCUT2D eigenvalue weighted by Crippen LogP contribution is 2.25. The second-order valence-electron chi connectivity index (χ2n) is 5.43. The highest BCUT2D eigenvalue weighted by Gasteiger charge is 2.34. The summed E-state index contributed by atoms with van der Waals surface area (Å²) in [5.41, 5.74) is 0.0814. The smallest absolute Gasteiger partial charge is 0.303 e. The number of nitrogens with zero attached hydrogens (tertiary/aromatic N) is 2. The second-order valence-corrected chi connectivity index (χ2v) is 5.84. The molecule has 3 rings (SSSR count). The lowest BCUT2D eigenvalue weighted by atomic mass is 10.1. The highest BCUT2D eigenvalue weighted by molar-refractivity contribution is 6.32. The summed E-state index contributed by atoms with van der Waals surface area (Å²) in [6.45, 7) is -0.239. The van der Waals surface area contributed by atoms with Gasteiger partial charge in [-0.2, -0.15) is 0 Å². The number of hydrogen-bond donors (Lipinski definition) is 1. The molecule has 1 fully saturated rings. The molecule has 0 aliphatic carbocycles. The third-order valence-corrected chi connectivity index (χ3v) is 4.08. The van der Waals surface area contributed by atoms with Gasteiger partial charge in [0.05, 0.1) is 11.5 Å². The Hall–Kier alpha value is -3.26. The van der Waals surface area contributed by atoms with Gasteiger partial charge in [0.15, 0.2) is 0 Å². The number of halogens is 2. The fourth-order valence-electron chi connectivity index (χ4n) is 2.42. The van der Waals surface area contributed by atoms with E-state index in [1.54, 1.807) is 6.07 Å². The van der Waals surface area contributed by atoms with Crippen molar-refractivity contribution >= 4 is 35.3 Å². The van der Waals surface area contributed by atoms with Crippen LogP contribution < -0.4 is 5.32 Å². The fourth-order valence-corrected chi connectivity index (χ4v) is 2.60. The first-order chi connectivity index (χ1) is 12.4. The standard InChI is InChI=1S/C17H11ClFN3O4/c18-13-6-5-12(22(25)26)7-11(13)8-15-16(23)21(17(24)20-15)9-10-3-1-2-4-14(10)19/h1-8H,9H2,(H,20,24)/b15-8+. The van der Waals surface area contributed by atoms with Gasteiger partial charge in [-0.15, -0.1) is 0 Å². The van der Waals surface area contributed by atoms with Crippen molar-refractivity contribution < 1.29 is 18.9 Å². The van der Waals surface area contributed by atoms with E-state index in [0.29, 0.717) is 0 Å². The van der Waals surface area contributed by atoms with Crippen LogP contribution in [-0.2, 0) is 11.3 Å². The Morgan fingerprint density at radius 1 is 1.23 bits per heavy atom. The molecule has 26 heavy (non-hydrogen) atoms. The minimum absolute atomic E-state index is 0.103. The number of non-ortho nitro benzene ring substituents is 1. The van der Waals surface area contributed by atoms with E-state index in [-0.39, 0.29) is 34.1 Å². The van der Waals surface area contributed by atoms with Gasteiger partial charge in [0.1, 0.15) is 11.5 Å². The Balaban J connectivity index is 1.89. The van der Waals surface area contributed by atoms with Gasteiger partial charge in [-0.3, -0.25) is 19.8 Å². The lowest BCUT2D eigenvalue weighted by Gasteiger charge is -2.12. The Bertz CT molecular complexity index is 961. The maximum Gasteiger partial charge on any atom is 0.329 e. The van der Waals surface area contributed by atoms with Crippen molar-refractivity contribution in [1.82, 2.24) is 10.2 Å². The summed E-state index contributed by atoms with van der Waals surface area (Å²) in [5.74, 6) is -1.21. The molecule has 2 aromatic rings. The monoisotopic (exact) mass is 375 g/mol. The average molecular weight is 376 g/mol. The summed E-state index contributed by atoms with van der Waals surface area (Å²) in [7, 11) is 0. The second kappa shape index (κ2) is 6.93. The van der Waals surface area contributed by atoms with Crippen molar-refractivity contribution in [3.63, 3.8) is 0 Å². The first-order valence-electron chi connectivity index (χ1n) is 7.38. The summed E-state index contributed by atoms with van der Waals surface area (Å²) < 4.78 is 13.7. The summed E-state index contributed by atoms with van der Waals surface area (Å²) in [6, 6.07) is 8.81. The van der Waals surface area contributed by atoms with Gasteiger partial charge in [-0.1, -0.05) is 29.8 Å². The van der Waals surface area contributed by atoms with E-state index >= 15 is 0 Å². The van der Waals surface area contributed by atoms with Crippen LogP contribution in [0.25, 0.3) is 6.08 Å². The van der Waals surface area contributed by atoms with Crippen molar-refractivity contribution in [2.24, 2.45) is 0 Å². The first kappa shape index (κ1) is 17.6. The molecule has 1 heterocycles. The summed E-state index contributed by atoms with van der Waals surface area (Å²) in [5, 5.41) is 13.4. The van der Waals surface area contributed by atoms with Gasteiger partial charge in [-0.05, 0) is 18.2 Å². The molecular formula is C17H11ClFN3O4. The summed E-state index contributed by atoms with van der Waals surface area (Å²) in [4.78, 5) is 35.6. The molecule has 0 saturated carbocycles. The number of benzene rings is 2. The number of nitrogens with one attached hydrogen (secondary N) is 1. The van der Waals surface area contributed by atoms with Gasteiger partial charge in [0, 0.05) is 28.3 Å². The zero-order valence-electron chi connectivity index (χ0n) is 13.1. The molecule has 0 atom stereocenters. The number of amides is 3. The maximum absolute atomic E-state index is 13.7. The van der Waals surface area contributed by atoms with Gasteiger partial charge in [0.2, 0.25) is 0 Å². The number of urea groups is 1. The van der Waals surface area contributed by atoms with Crippen molar-refractivity contribution in [2.75, 3.05) is 0 Å². The largest absolute Gasteiger partial charge is 0.329 e. The van der Waals surface area contributed by atoms with E-state index < -0.39 is 22.7 Å². The van der Waals surface area contributed by atoms with Crippen molar-refractivity contribution in [2.45, 2.75) is 6.54 Å². The first-order valence-corrected chi connectivity index (χ1v) is 7.76. The Labute approximate surface area is 151 Å². The maximum atomic E-state index is 13.7. The molecule has 1 aliphatic rings. The van der Waals surface area contributed by atoms with Crippen molar-refractivity contribution in [1.29, 1.82) is 0 Å². The van der Waals surface area contributed by atoms with Crippen LogP contribution in [0.15, 0.2) is 48.2 Å². The van der Waals surface area contributed by atoms with Crippen LogP contribution in [0, 0.1) is 15.9 Å². The molecule has 2 aromatic carbocycles. The SMILES string of the molecule is O=C1N/C(=C/c2cc([N+](=O)[O-])ccc2Cl)C(=O)N1Cc1ccccc1F. The minimum atomic E-state index is -0.717. The van der Waals surface area contributed by atoms with Crippen LogP contribution in [0.5, 0.6) is 0 Å². The Morgan fingerprint density at radius 3 is 2.65 bits per heavy atom. The van der Waals surface area contributed by atoms with Crippen LogP contribution in [0.4, 0.5) is 14.9 Å². The van der Waals surface area contributed by atoms with E-state index in [9.17, 15) is 24.1 Å². The molecule has 0 spiro atoms. The third-order valence-electron chi connectivity index (χ3n) is 3.74. The molecule has 132 valence electrons. The van der Waals surface area contributed by atoms with Crippen molar-refractivity contribution in [3.05, 3.63) is 80.2 Å². The lowest BCUT2D eigenvalue weighted by Crippen LogP contribution is -2.30. The van der Waals surface area contributed by atoms with E-state index in [2.05, 4.69) is 5.32 Å². The molecule has 0 bridgehead atoms. The fraction of sp³-hybridized carbons (Fsp3) is 0.0588. The molecule has 1 aliphatic heterocycles. The van der Waals surface area contributed by atoms with E-state index in [1.165, 1.54) is 42.5 Å². The predicted octanol–water partition coefficient (Wildman–Crippen LogP) is 3.48. The molecule has 1 N–H and O–H groups in total. The topological polar surface area (TPSA) is 92.5 Å². The lowest BCUT2D eigenvalue weighted by molar-refractivity contribution is -0.384. The van der Waals surface area contributed by atoms with Crippen LogP contribution in [0.1, 0.15) is 11.1 Å². The van der Waals surface area contributed by atoms with Gasteiger partial charge >= 0.3 is 6.03 Å². The molecular weight excluding hydrogens is 365 g/mol. The third kappa shape index (κ3) is 3.40. The zero-order chi connectivity index (χ0) is 18.8. The van der Waals surface area contributed by atoms with E-state index in [1.807, 2.05) is 0 Å². The normalized spacial score (nSPS) is 15.5. The van der Waals surface area contributed by atoms with E-state index in [0.717, 1.165) is 4.90 Å². The number of carbonyl (C=O) groups excluding carboxylic acids is 2. The van der Waals surface area contributed by atoms with E-state index in [4.69, 9.17) is 11.6 Å². The minimum Gasteiger partial charge on any atom is -0.303 e. The van der Waals surface area contributed by atoms with Gasteiger partial charge in [0.25, 0.3) is 11.6 Å². The molecule has 9 heteroatoms. The van der Waals surface area contributed by atoms with Gasteiger partial charge < -0.3 is 5.32 Å². The summed E-state index contributed by atoms with van der Waals surface area (Å²) >= 11 is 6.00. The van der Waals surface area contributed by atoms with Crippen LogP contribution >= 0.6 is 11.6 Å². The zero-order valence-corrected chi connectivity index (χ0v) is 13.9. The van der Waals surface area contributed by atoms with Crippen LogP contribution in [-0.4, -0.2) is 21.8 Å². The predicted molar refractivity (Wildman–Crippen MR) is 91.6 cm³/mol. The number of carbonyl (C=O) groups is 2. The van der Waals surface area contributed by atoms with Crippen molar-refractivity contribution in [3.8, 4) is 0 Å². The Morgan fingerprint density at radius 2 is 1.96 bits per heavy atom. The van der Waals surface area contributed by atoms with Gasteiger partial charge in [-0.25, -0.2) is 9.18 Å². The molecule has 3 amide bonds. The van der Waals surface area contributed by atoms with Crippen LogP contribution in [0.2, 0.25) is 5.02 Å². The Kier molecular flexibility index (Phi) is 4.68. The number of hydrogen-bond acceptors (Lipinski definition) is 4. The molecule has 0 radical (unpaired) electrons. The molecule has 0 unspecified atom stereocenters. The highest BCUT2D eigenvalue weighted by atomic mass is 35.5. The number of nitro groups is 1. The molecule has 0 aromatic heterocycles. The summed E-state index contributed by atoms with van der Waals surface area (Å²) in [6.07, 6.45) is 1.25. The number of rotatable bonds is 4. The number of imide groups is 1. The molecule has 1 saturated heterocycles. The quantitative estimate of drug-likeness (QED) is 0.383. The molecule has 7 nitrogen and oxygen atoms in total. The number of nitro benzene ring substituents is 1. The van der Waals surface area contributed by atoms with Crippen LogP contribution in [0.3, 0.4) is 0 Å². The average Bonchev–Trinajstić information content (AvgIpc) is 2.86.